The molecule has 2 aromatic carbocycles. The Morgan fingerprint density at radius 1 is 1.21 bits per heavy atom. The average molecular weight is 533 g/mol. The largest absolute Gasteiger partial charge is 0.493 e. The third-order valence-corrected chi connectivity index (χ3v) is 6.55. The van der Waals surface area contributed by atoms with Gasteiger partial charge in [-0.05, 0) is 66.8 Å². The van der Waals surface area contributed by atoms with Crippen molar-refractivity contribution in [2.24, 2.45) is 4.99 Å². The molecule has 0 unspecified atom stereocenters. The van der Waals surface area contributed by atoms with Crippen molar-refractivity contribution in [2.75, 3.05) is 25.6 Å². The number of nitrogens with one attached hydrogen (secondary N) is 2. The molecule has 0 bridgehead atoms. The number of thioether (sulfide) groups is 1. The van der Waals surface area contributed by atoms with E-state index in [1.54, 1.807) is 54.5 Å². The third kappa shape index (κ3) is 5.97. The normalized spacial score (nSPS) is 15.6. The number of ether oxygens (including phenoxy) is 3. The monoisotopic (exact) mass is 532 g/mol. The lowest BCUT2D eigenvalue weighted by molar-refractivity contribution is -0.115. The maximum Gasteiger partial charge on any atom is 0.283 e. The standard InChI is InChI=1S/C28H28N4O5S/c1-5-6-20-13-19(14-23-26(29)32-17(2)16-38-28(32)31-27(23)34)15-24(35-4)25(20)37-12-11-36-22-9-7-21(8-10-22)30-18(3)33/h5,7-10,13-16,29H,1,6,11-12H2,2-4H3,(H,30,33)/b23-14-,29-26?. The fourth-order valence-electron chi connectivity index (χ4n) is 3.94. The highest BCUT2D eigenvalue weighted by Gasteiger charge is 2.34. The van der Waals surface area contributed by atoms with Crippen molar-refractivity contribution < 1.29 is 23.8 Å². The zero-order valence-corrected chi connectivity index (χ0v) is 22.2. The molecule has 0 saturated carbocycles. The molecule has 2 N–H and O–H groups in total. The van der Waals surface area contributed by atoms with Crippen LogP contribution in [-0.4, -0.2) is 48.0 Å². The lowest BCUT2D eigenvalue weighted by Crippen LogP contribution is -2.37. The zero-order valence-electron chi connectivity index (χ0n) is 21.4. The predicted molar refractivity (Wildman–Crippen MR) is 150 cm³/mol. The number of rotatable bonds is 10. The van der Waals surface area contributed by atoms with E-state index in [1.165, 1.54) is 18.7 Å². The number of anilines is 1. The first-order chi connectivity index (χ1) is 18.3. The maximum atomic E-state index is 12.7. The summed E-state index contributed by atoms with van der Waals surface area (Å²) in [6, 6.07) is 10.7. The van der Waals surface area contributed by atoms with Crippen LogP contribution in [0, 0.1) is 5.41 Å². The van der Waals surface area contributed by atoms with Crippen molar-refractivity contribution in [1.82, 2.24) is 4.90 Å². The van der Waals surface area contributed by atoms with E-state index in [1.807, 2.05) is 18.4 Å². The van der Waals surface area contributed by atoms with Gasteiger partial charge in [0.25, 0.3) is 5.91 Å². The number of hydrogen-bond acceptors (Lipinski definition) is 7. The van der Waals surface area contributed by atoms with E-state index in [0.717, 1.165) is 11.3 Å². The van der Waals surface area contributed by atoms with Crippen molar-refractivity contribution >= 4 is 46.3 Å². The Hall–Kier alpha value is -4.31. The first kappa shape index (κ1) is 26.7. The quantitative estimate of drug-likeness (QED) is 0.251. The summed E-state index contributed by atoms with van der Waals surface area (Å²) in [6.45, 7) is 7.72. The van der Waals surface area contributed by atoms with E-state index in [-0.39, 0.29) is 30.5 Å². The second-order valence-corrected chi connectivity index (χ2v) is 9.26. The van der Waals surface area contributed by atoms with E-state index in [9.17, 15) is 9.59 Å². The van der Waals surface area contributed by atoms with Crippen LogP contribution in [-0.2, 0) is 16.0 Å². The molecule has 0 aliphatic carbocycles. The average Bonchev–Trinajstić information content (AvgIpc) is 3.25. The van der Waals surface area contributed by atoms with E-state index >= 15 is 0 Å². The molecule has 196 valence electrons. The minimum atomic E-state index is -0.455. The van der Waals surface area contributed by atoms with E-state index in [2.05, 4.69) is 16.9 Å². The second kappa shape index (κ2) is 11.8. The van der Waals surface area contributed by atoms with Gasteiger partial charge in [0, 0.05) is 23.9 Å². The Labute approximate surface area is 225 Å². The van der Waals surface area contributed by atoms with Gasteiger partial charge in [0.2, 0.25) is 5.91 Å². The highest BCUT2D eigenvalue weighted by atomic mass is 32.2. The van der Waals surface area contributed by atoms with Crippen LogP contribution < -0.4 is 19.5 Å². The zero-order chi connectivity index (χ0) is 27.2. The van der Waals surface area contributed by atoms with Crippen molar-refractivity contribution in [2.45, 2.75) is 20.3 Å². The van der Waals surface area contributed by atoms with Crippen LogP contribution >= 0.6 is 11.8 Å². The summed E-state index contributed by atoms with van der Waals surface area (Å²) in [5.74, 6) is 1.19. The summed E-state index contributed by atoms with van der Waals surface area (Å²) in [5, 5.41) is 13.7. The lowest BCUT2D eigenvalue weighted by Gasteiger charge is -2.25. The first-order valence-electron chi connectivity index (χ1n) is 11.8. The number of methoxy groups -OCH3 is 1. The molecule has 0 radical (unpaired) electrons. The molecule has 0 atom stereocenters. The van der Waals surface area contributed by atoms with Crippen molar-refractivity contribution in [3.8, 4) is 17.2 Å². The highest BCUT2D eigenvalue weighted by Crippen LogP contribution is 2.36. The number of hydrogen-bond donors (Lipinski definition) is 2. The van der Waals surface area contributed by atoms with Crippen LogP contribution in [0.15, 0.2) is 70.7 Å². The summed E-state index contributed by atoms with van der Waals surface area (Å²) < 4.78 is 17.4. The summed E-state index contributed by atoms with van der Waals surface area (Å²) in [7, 11) is 1.55. The van der Waals surface area contributed by atoms with Gasteiger partial charge in [-0.2, -0.15) is 4.99 Å². The van der Waals surface area contributed by atoms with Crippen LogP contribution in [0.3, 0.4) is 0 Å². The highest BCUT2D eigenvalue weighted by molar-refractivity contribution is 8.16. The number of nitrogens with zero attached hydrogens (tertiary/aromatic N) is 2. The Morgan fingerprint density at radius 3 is 2.63 bits per heavy atom. The van der Waals surface area contributed by atoms with E-state index < -0.39 is 5.91 Å². The van der Waals surface area contributed by atoms with Crippen LogP contribution in [0.4, 0.5) is 5.69 Å². The van der Waals surface area contributed by atoms with Gasteiger partial charge in [-0.15, -0.1) is 6.58 Å². The molecule has 0 saturated heterocycles. The minimum Gasteiger partial charge on any atom is -0.493 e. The number of amidine groups is 2. The molecule has 2 heterocycles. The SMILES string of the molecule is C=CCc1cc(/C=C2/C(=N)N3C(C)=CSC3=NC2=O)cc(OC)c1OCCOc1ccc(NC(C)=O)cc1. The fourth-order valence-corrected chi connectivity index (χ4v) is 4.80. The smallest absolute Gasteiger partial charge is 0.283 e. The van der Waals surface area contributed by atoms with E-state index in [4.69, 9.17) is 19.6 Å². The van der Waals surface area contributed by atoms with Gasteiger partial charge >= 0.3 is 0 Å². The van der Waals surface area contributed by atoms with Crippen LogP contribution in [0.5, 0.6) is 17.2 Å². The number of aliphatic imine (C=N–C) groups is 1. The van der Waals surface area contributed by atoms with Crippen molar-refractivity contribution in [3.05, 3.63) is 76.9 Å². The van der Waals surface area contributed by atoms with Gasteiger partial charge in [-0.1, -0.05) is 17.8 Å². The summed E-state index contributed by atoms with van der Waals surface area (Å²) >= 11 is 1.33. The number of amides is 2. The van der Waals surface area contributed by atoms with Crippen molar-refractivity contribution in [3.63, 3.8) is 0 Å². The van der Waals surface area contributed by atoms with Gasteiger partial charge in [0.1, 0.15) is 24.8 Å². The van der Waals surface area contributed by atoms with Gasteiger partial charge in [-0.3, -0.25) is 19.9 Å². The molecular weight excluding hydrogens is 504 g/mol. The molecule has 2 aromatic rings. The third-order valence-electron chi connectivity index (χ3n) is 5.61. The van der Waals surface area contributed by atoms with Crippen LogP contribution in [0.25, 0.3) is 6.08 Å². The molecule has 0 spiro atoms. The predicted octanol–water partition coefficient (Wildman–Crippen LogP) is 5.01. The molecule has 38 heavy (non-hydrogen) atoms. The fraction of sp³-hybridized carbons (Fsp3) is 0.214. The minimum absolute atomic E-state index is 0.0885. The Balaban J connectivity index is 1.49. The van der Waals surface area contributed by atoms with Gasteiger partial charge in [0.15, 0.2) is 16.7 Å². The second-order valence-electron chi connectivity index (χ2n) is 8.43. The van der Waals surface area contributed by atoms with Gasteiger partial charge in [0.05, 0.1) is 12.7 Å². The van der Waals surface area contributed by atoms with Crippen molar-refractivity contribution in [1.29, 1.82) is 5.41 Å². The molecule has 2 aliphatic rings. The molecule has 0 fully saturated rings. The van der Waals surface area contributed by atoms with Gasteiger partial charge < -0.3 is 19.5 Å². The Kier molecular flexibility index (Phi) is 8.32. The van der Waals surface area contributed by atoms with Crippen LogP contribution in [0.1, 0.15) is 25.0 Å². The summed E-state index contributed by atoms with van der Waals surface area (Å²) in [5.41, 5.74) is 3.23. The summed E-state index contributed by atoms with van der Waals surface area (Å²) in [4.78, 5) is 29.6. The first-order valence-corrected chi connectivity index (χ1v) is 12.7. The maximum absolute atomic E-state index is 12.7. The molecule has 4 rings (SSSR count). The Morgan fingerprint density at radius 2 is 1.95 bits per heavy atom. The number of fused-ring (bicyclic) bond motifs is 1. The van der Waals surface area contributed by atoms with Crippen LogP contribution in [0.2, 0.25) is 0 Å². The number of allylic oxidation sites excluding steroid dienone is 2. The van der Waals surface area contributed by atoms with E-state index in [0.29, 0.717) is 40.1 Å². The van der Waals surface area contributed by atoms with Gasteiger partial charge in [-0.25, -0.2) is 0 Å². The lowest BCUT2D eigenvalue weighted by atomic mass is 10.0. The topological polar surface area (TPSA) is 113 Å². The Bertz CT molecular complexity index is 1380. The number of benzene rings is 2. The summed E-state index contributed by atoms with van der Waals surface area (Å²) in [6.07, 6.45) is 3.91. The molecule has 9 nitrogen and oxygen atoms in total. The molecule has 2 aliphatic heterocycles. The molecule has 0 aromatic heterocycles. The number of carbonyl (C=O) groups excluding carboxylic acids is 2. The molecule has 10 heteroatoms. The number of carbonyl (C=O) groups is 2. The molecule has 2 amide bonds. The molecular formula is C28H28N4O5S.